The van der Waals surface area contributed by atoms with Crippen LogP contribution in [0, 0.1) is 0 Å². The van der Waals surface area contributed by atoms with Gasteiger partial charge >= 0.3 is 0 Å². The van der Waals surface area contributed by atoms with Crippen LogP contribution in [0.2, 0.25) is 0 Å². The zero-order valence-corrected chi connectivity index (χ0v) is 11.4. The second-order valence-corrected chi connectivity index (χ2v) is 3.44. The molecule has 1 heteroatoms. The van der Waals surface area contributed by atoms with Gasteiger partial charge in [-0.05, 0) is 12.8 Å². The molecule has 0 aliphatic rings. The second-order valence-electron chi connectivity index (χ2n) is 2.15. The number of alkyl halides is 1. The van der Waals surface area contributed by atoms with Crippen molar-refractivity contribution in [1.29, 1.82) is 0 Å². The standard InChI is InChI=1S/C7H15Br.2C2H6/c1-3-5-6-7(8)4-2;2*1-2/h7H,3-6H2,1-2H3;2*1-2H3. The molecule has 0 saturated carbocycles. The minimum Gasteiger partial charge on any atom is -0.0891 e. The van der Waals surface area contributed by atoms with E-state index in [4.69, 9.17) is 0 Å². The number of hydrogen-bond acceptors (Lipinski definition) is 0. The molecule has 0 spiro atoms. The molecular weight excluding hydrogens is 212 g/mol. The van der Waals surface area contributed by atoms with Crippen LogP contribution in [0.4, 0.5) is 0 Å². The predicted octanol–water partition coefficient (Wildman–Crippen LogP) is 5.40. The van der Waals surface area contributed by atoms with Gasteiger partial charge in [-0.1, -0.05) is 70.3 Å². The molecule has 0 aliphatic carbocycles. The van der Waals surface area contributed by atoms with Gasteiger partial charge < -0.3 is 0 Å². The molecule has 0 aromatic carbocycles. The highest BCUT2D eigenvalue weighted by Crippen LogP contribution is 2.12. The number of halogens is 1. The summed E-state index contributed by atoms with van der Waals surface area (Å²) < 4.78 is 0. The van der Waals surface area contributed by atoms with Crippen molar-refractivity contribution in [3.05, 3.63) is 0 Å². The molecule has 0 heterocycles. The first-order valence-electron chi connectivity index (χ1n) is 5.45. The van der Waals surface area contributed by atoms with Gasteiger partial charge in [0.05, 0.1) is 0 Å². The minimum absolute atomic E-state index is 0.766. The van der Waals surface area contributed by atoms with Gasteiger partial charge in [-0.15, -0.1) is 0 Å². The van der Waals surface area contributed by atoms with Crippen LogP contribution in [-0.4, -0.2) is 4.83 Å². The van der Waals surface area contributed by atoms with Gasteiger partial charge in [0.15, 0.2) is 0 Å². The van der Waals surface area contributed by atoms with E-state index in [-0.39, 0.29) is 0 Å². The lowest BCUT2D eigenvalue weighted by Crippen LogP contribution is -1.92. The van der Waals surface area contributed by atoms with Crippen LogP contribution in [0.15, 0.2) is 0 Å². The number of hydrogen-bond donors (Lipinski definition) is 0. The molecule has 0 aromatic rings. The highest BCUT2D eigenvalue weighted by Gasteiger charge is 1.96. The molecule has 0 radical (unpaired) electrons. The average molecular weight is 239 g/mol. The zero-order chi connectivity index (χ0) is 10.4. The third-order valence-corrected chi connectivity index (χ3v) is 2.42. The summed E-state index contributed by atoms with van der Waals surface area (Å²) in [5.41, 5.74) is 0. The van der Waals surface area contributed by atoms with Crippen molar-refractivity contribution in [2.24, 2.45) is 0 Å². The van der Waals surface area contributed by atoms with Crippen molar-refractivity contribution in [2.45, 2.75) is 72.1 Å². The van der Waals surface area contributed by atoms with Crippen LogP contribution < -0.4 is 0 Å². The third-order valence-electron chi connectivity index (χ3n) is 1.31. The first-order valence-corrected chi connectivity index (χ1v) is 6.36. The molecule has 1 unspecified atom stereocenters. The van der Waals surface area contributed by atoms with Crippen LogP contribution in [0.25, 0.3) is 0 Å². The molecule has 0 aliphatic heterocycles. The molecule has 12 heavy (non-hydrogen) atoms. The average Bonchev–Trinajstić information content (AvgIpc) is 2.20. The topological polar surface area (TPSA) is 0 Å². The monoisotopic (exact) mass is 238 g/mol. The van der Waals surface area contributed by atoms with Gasteiger partial charge in [-0.3, -0.25) is 0 Å². The molecule has 0 rings (SSSR count). The Balaban J connectivity index is -0.000000175. The predicted molar refractivity (Wildman–Crippen MR) is 65.2 cm³/mol. The maximum Gasteiger partial charge on any atom is 0.0143 e. The van der Waals surface area contributed by atoms with Crippen LogP contribution in [0.3, 0.4) is 0 Å². The van der Waals surface area contributed by atoms with E-state index in [9.17, 15) is 0 Å². The van der Waals surface area contributed by atoms with Gasteiger partial charge in [0, 0.05) is 4.83 Å². The maximum atomic E-state index is 3.58. The number of rotatable bonds is 4. The smallest absolute Gasteiger partial charge is 0.0143 e. The molecule has 0 fully saturated rings. The summed E-state index contributed by atoms with van der Waals surface area (Å²) in [5, 5.41) is 0. The Kier molecular flexibility index (Phi) is 34.4. The maximum absolute atomic E-state index is 3.58. The Morgan fingerprint density at radius 1 is 1.00 bits per heavy atom. The SMILES string of the molecule is CC.CC.CCCCC(Br)CC. The quantitative estimate of drug-likeness (QED) is 0.576. The summed E-state index contributed by atoms with van der Waals surface area (Å²) in [7, 11) is 0. The van der Waals surface area contributed by atoms with Gasteiger partial charge in [-0.2, -0.15) is 0 Å². The lowest BCUT2D eigenvalue weighted by molar-refractivity contribution is 0.678. The Morgan fingerprint density at radius 3 is 1.67 bits per heavy atom. The Morgan fingerprint density at radius 2 is 1.42 bits per heavy atom. The van der Waals surface area contributed by atoms with E-state index in [0.29, 0.717) is 0 Å². The van der Waals surface area contributed by atoms with Gasteiger partial charge in [0.25, 0.3) is 0 Å². The molecular formula is C11H27Br. The lowest BCUT2D eigenvalue weighted by Gasteiger charge is -2.02. The fourth-order valence-electron chi connectivity index (χ4n) is 0.630. The summed E-state index contributed by atoms with van der Waals surface area (Å²) in [6.45, 7) is 12.4. The molecule has 0 saturated heterocycles. The van der Waals surface area contributed by atoms with Crippen LogP contribution in [0.1, 0.15) is 67.2 Å². The van der Waals surface area contributed by atoms with Crippen LogP contribution in [0.5, 0.6) is 0 Å². The fraction of sp³-hybridized carbons (Fsp3) is 1.00. The number of unbranched alkanes of at least 4 members (excludes halogenated alkanes) is 1. The first-order chi connectivity index (χ1) is 5.81. The highest BCUT2D eigenvalue weighted by atomic mass is 79.9. The molecule has 0 aromatic heterocycles. The van der Waals surface area contributed by atoms with Crippen molar-refractivity contribution in [1.82, 2.24) is 0 Å². The molecule has 0 amide bonds. The van der Waals surface area contributed by atoms with E-state index in [1.807, 2.05) is 27.7 Å². The molecule has 0 nitrogen and oxygen atoms in total. The summed E-state index contributed by atoms with van der Waals surface area (Å²) in [4.78, 5) is 0.766. The first kappa shape index (κ1) is 18.3. The van der Waals surface area contributed by atoms with E-state index in [0.717, 1.165) is 4.83 Å². The van der Waals surface area contributed by atoms with Crippen molar-refractivity contribution in [2.75, 3.05) is 0 Å². The second kappa shape index (κ2) is 22.5. The van der Waals surface area contributed by atoms with Crippen molar-refractivity contribution >= 4 is 15.9 Å². The summed E-state index contributed by atoms with van der Waals surface area (Å²) in [5.74, 6) is 0. The molecule has 0 N–H and O–H groups in total. The van der Waals surface area contributed by atoms with Gasteiger partial charge in [-0.25, -0.2) is 0 Å². The largest absolute Gasteiger partial charge is 0.0891 e. The highest BCUT2D eigenvalue weighted by molar-refractivity contribution is 9.09. The van der Waals surface area contributed by atoms with Crippen LogP contribution in [-0.2, 0) is 0 Å². The van der Waals surface area contributed by atoms with Crippen LogP contribution >= 0.6 is 15.9 Å². The zero-order valence-electron chi connectivity index (χ0n) is 9.78. The summed E-state index contributed by atoms with van der Waals surface area (Å²) >= 11 is 3.58. The third kappa shape index (κ3) is 22.4. The van der Waals surface area contributed by atoms with E-state index >= 15 is 0 Å². The molecule has 0 bridgehead atoms. The van der Waals surface area contributed by atoms with Crippen molar-refractivity contribution < 1.29 is 0 Å². The van der Waals surface area contributed by atoms with Crippen molar-refractivity contribution in [3.8, 4) is 0 Å². The molecule has 78 valence electrons. The van der Waals surface area contributed by atoms with E-state index in [1.54, 1.807) is 0 Å². The van der Waals surface area contributed by atoms with Gasteiger partial charge in [0.1, 0.15) is 0 Å². The van der Waals surface area contributed by atoms with E-state index < -0.39 is 0 Å². The summed E-state index contributed by atoms with van der Waals surface area (Å²) in [6.07, 6.45) is 5.29. The normalized spacial score (nSPS) is 10.2. The lowest BCUT2D eigenvalue weighted by atomic mass is 10.2. The Bertz CT molecular complexity index is 44.3. The fourth-order valence-corrected chi connectivity index (χ4v) is 0.953. The van der Waals surface area contributed by atoms with Crippen molar-refractivity contribution in [3.63, 3.8) is 0 Å². The van der Waals surface area contributed by atoms with E-state index in [2.05, 4.69) is 29.8 Å². The Labute approximate surface area is 88.3 Å². The molecule has 1 atom stereocenters. The Hall–Kier alpha value is 0.480. The van der Waals surface area contributed by atoms with E-state index in [1.165, 1.54) is 25.7 Å². The minimum atomic E-state index is 0.766. The summed E-state index contributed by atoms with van der Waals surface area (Å²) in [6, 6.07) is 0. The van der Waals surface area contributed by atoms with Gasteiger partial charge in [0.2, 0.25) is 0 Å².